The number of hydrogen-bond acceptors (Lipinski definition) is 1. The van der Waals surface area contributed by atoms with Crippen molar-refractivity contribution in [3.8, 4) is 0 Å². The van der Waals surface area contributed by atoms with Gasteiger partial charge in [0, 0.05) is 6.04 Å². The van der Waals surface area contributed by atoms with Gasteiger partial charge in [0.2, 0.25) is 0 Å². The summed E-state index contributed by atoms with van der Waals surface area (Å²) in [5, 5.41) is 9.95. The van der Waals surface area contributed by atoms with Gasteiger partial charge >= 0.3 is 5.97 Å². The first kappa shape index (κ1) is 10.7. The summed E-state index contributed by atoms with van der Waals surface area (Å²) in [5.74, 6) is -0.747. The fourth-order valence-corrected chi connectivity index (χ4v) is 3.59. The molecule has 1 atom stereocenters. The number of carbonyl (C=O) groups is 1. The lowest BCUT2D eigenvalue weighted by Crippen LogP contribution is -2.44. The van der Waals surface area contributed by atoms with Gasteiger partial charge in [0.15, 0.2) is 0 Å². The van der Waals surface area contributed by atoms with Gasteiger partial charge in [-0.3, -0.25) is 4.79 Å². The van der Waals surface area contributed by atoms with Crippen LogP contribution in [0, 0.1) is 0 Å². The molecule has 1 unspecified atom stereocenters. The van der Waals surface area contributed by atoms with Gasteiger partial charge in [-0.2, -0.15) is 0 Å². The molecule has 0 aromatic heterocycles. The van der Waals surface area contributed by atoms with Crippen LogP contribution in [0.1, 0.15) is 0 Å². The monoisotopic (exact) mass is 206 g/mol. The minimum atomic E-state index is -2.00. The van der Waals surface area contributed by atoms with Crippen molar-refractivity contribution in [2.24, 2.45) is 0 Å². The molecule has 0 saturated heterocycles. The second kappa shape index (κ2) is 4.24. The van der Waals surface area contributed by atoms with Crippen molar-refractivity contribution in [2.45, 2.75) is 12.6 Å². The van der Waals surface area contributed by atoms with Gasteiger partial charge < -0.3 is 5.11 Å². The molecule has 0 saturated carbocycles. The largest absolute Gasteiger partial charge is 0.481 e. The van der Waals surface area contributed by atoms with Crippen LogP contribution in [0.4, 0.5) is 0 Å². The number of carboxylic acid groups (broad SMARTS) is 1. The first-order chi connectivity index (χ1) is 6.58. The topological polar surface area (TPSA) is 37.3 Å². The zero-order valence-corrected chi connectivity index (χ0v) is 9.23. The standard InChI is InChI=1S/C11H14O2Si/c1-3-14(2,9-11(12)13)10-7-5-4-6-8-10/h3-8H,1,9H2,2H3,(H,12,13). The van der Waals surface area contributed by atoms with Gasteiger partial charge in [0.1, 0.15) is 8.07 Å². The van der Waals surface area contributed by atoms with E-state index in [1.807, 2.05) is 42.6 Å². The third-order valence-electron chi connectivity index (χ3n) is 2.40. The van der Waals surface area contributed by atoms with Crippen LogP contribution in [0.2, 0.25) is 12.6 Å². The van der Waals surface area contributed by atoms with Crippen molar-refractivity contribution in [3.63, 3.8) is 0 Å². The van der Waals surface area contributed by atoms with E-state index in [2.05, 4.69) is 6.58 Å². The van der Waals surface area contributed by atoms with Crippen molar-refractivity contribution in [3.05, 3.63) is 42.6 Å². The van der Waals surface area contributed by atoms with E-state index < -0.39 is 14.0 Å². The molecule has 0 aliphatic rings. The van der Waals surface area contributed by atoms with Crippen LogP contribution in [-0.4, -0.2) is 19.1 Å². The Kier molecular flexibility index (Phi) is 3.25. The van der Waals surface area contributed by atoms with Crippen LogP contribution in [0.15, 0.2) is 42.6 Å². The second-order valence-electron chi connectivity index (χ2n) is 3.56. The fourth-order valence-electron chi connectivity index (χ4n) is 1.43. The smallest absolute Gasteiger partial charge is 0.301 e. The molecule has 1 rings (SSSR count). The molecule has 0 aliphatic carbocycles. The maximum atomic E-state index is 10.7. The van der Waals surface area contributed by atoms with Crippen LogP contribution < -0.4 is 5.19 Å². The van der Waals surface area contributed by atoms with Gasteiger partial charge in [-0.05, 0) is 0 Å². The summed E-state index contributed by atoms with van der Waals surface area (Å²) in [6.07, 6.45) is 0. The van der Waals surface area contributed by atoms with Crippen LogP contribution in [0.25, 0.3) is 0 Å². The highest BCUT2D eigenvalue weighted by Crippen LogP contribution is 2.11. The number of hydrogen-bond donors (Lipinski definition) is 1. The van der Waals surface area contributed by atoms with E-state index >= 15 is 0 Å². The first-order valence-corrected chi connectivity index (χ1v) is 7.28. The van der Waals surface area contributed by atoms with Crippen LogP contribution in [-0.2, 0) is 4.79 Å². The number of aliphatic carboxylic acids is 1. The molecule has 0 radical (unpaired) electrons. The van der Waals surface area contributed by atoms with Crippen LogP contribution >= 0.6 is 0 Å². The maximum Gasteiger partial charge on any atom is 0.301 e. The molecule has 1 aromatic rings. The predicted octanol–water partition coefficient (Wildman–Crippen LogP) is 1.78. The summed E-state index contributed by atoms with van der Waals surface area (Å²) in [6.45, 7) is 5.78. The SMILES string of the molecule is C=C[Si](C)(CC(=O)O)c1ccccc1. The lowest BCUT2D eigenvalue weighted by molar-refractivity contribution is -0.134. The average molecular weight is 206 g/mol. The molecule has 1 N–H and O–H groups in total. The Labute approximate surface area is 84.9 Å². The molecule has 2 nitrogen and oxygen atoms in total. The molecule has 1 aromatic carbocycles. The van der Waals surface area contributed by atoms with Gasteiger partial charge in [0.05, 0.1) is 0 Å². The zero-order valence-electron chi connectivity index (χ0n) is 8.23. The van der Waals surface area contributed by atoms with Crippen molar-refractivity contribution < 1.29 is 9.90 Å². The summed E-state index contributed by atoms with van der Waals surface area (Å²) in [6, 6.07) is 9.98. The Hall–Kier alpha value is -1.35. The third-order valence-corrected chi connectivity index (χ3v) is 5.99. The Bertz CT molecular complexity index is 334. The minimum absolute atomic E-state index is 0.209. The molecule has 74 valence electrons. The molecule has 3 heteroatoms. The quantitative estimate of drug-likeness (QED) is 0.762. The summed E-state index contributed by atoms with van der Waals surface area (Å²) < 4.78 is 0. The number of carboxylic acids is 1. The first-order valence-electron chi connectivity index (χ1n) is 4.49. The Balaban J connectivity index is 3.01. The molecule has 0 aliphatic heterocycles. The number of benzene rings is 1. The van der Waals surface area contributed by atoms with E-state index in [9.17, 15) is 4.79 Å². The van der Waals surface area contributed by atoms with E-state index in [1.54, 1.807) is 0 Å². The van der Waals surface area contributed by atoms with Gasteiger partial charge in [-0.25, -0.2) is 0 Å². The molecule has 0 spiro atoms. The average Bonchev–Trinajstić information content (AvgIpc) is 2.18. The molecule has 0 amide bonds. The highest BCUT2D eigenvalue weighted by Gasteiger charge is 2.28. The van der Waals surface area contributed by atoms with Gasteiger partial charge in [-0.1, -0.05) is 47.8 Å². The predicted molar refractivity (Wildman–Crippen MR) is 60.3 cm³/mol. The highest BCUT2D eigenvalue weighted by molar-refractivity contribution is 6.96. The lowest BCUT2D eigenvalue weighted by atomic mass is 10.4. The summed E-state index contributed by atoms with van der Waals surface area (Å²) in [5.41, 5.74) is 1.83. The molecule has 0 heterocycles. The van der Waals surface area contributed by atoms with E-state index in [4.69, 9.17) is 5.11 Å². The molecular formula is C11H14O2Si. The lowest BCUT2D eigenvalue weighted by Gasteiger charge is -2.21. The second-order valence-corrected chi connectivity index (χ2v) is 7.73. The Morgan fingerprint density at radius 2 is 2.07 bits per heavy atom. The molecule has 0 fully saturated rings. The number of rotatable bonds is 4. The van der Waals surface area contributed by atoms with E-state index in [-0.39, 0.29) is 6.04 Å². The summed E-state index contributed by atoms with van der Waals surface area (Å²) >= 11 is 0. The van der Waals surface area contributed by atoms with Crippen molar-refractivity contribution >= 4 is 19.2 Å². The highest BCUT2D eigenvalue weighted by atomic mass is 28.3. The zero-order chi connectivity index (χ0) is 10.6. The van der Waals surface area contributed by atoms with E-state index in [1.165, 1.54) is 0 Å². The van der Waals surface area contributed by atoms with Crippen molar-refractivity contribution in [2.75, 3.05) is 0 Å². The Morgan fingerprint density at radius 3 is 2.50 bits per heavy atom. The summed E-state index contributed by atoms with van der Waals surface area (Å²) in [4.78, 5) is 10.7. The van der Waals surface area contributed by atoms with Crippen LogP contribution in [0.5, 0.6) is 0 Å². The molecular weight excluding hydrogens is 192 g/mol. The Morgan fingerprint density at radius 1 is 1.50 bits per heavy atom. The van der Waals surface area contributed by atoms with Gasteiger partial charge in [-0.15, -0.1) is 6.58 Å². The van der Waals surface area contributed by atoms with Crippen molar-refractivity contribution in [1.29, 1.82) is 0 Å². The van der Waals surface area contributed by atoms with Crippen LogP contribution in [0.3, 0.4) is 0 Å². The normalized spacial score (nSPS) is 14.4. The van der Waals surface area contributed by atoms with E-state index in [0.717, 1.165) is 5.19 Å². The minimum Gasteiger partial charge on any atom is -0.481 e. The van der Waals surface area contributed by atoms with E-state index in [0.29, 0.717) is 0 Å². The van der Waals surface area contributed by atoms with Gasteiger partial charge in [0.25, 0.3) is 0 Å². The fraction of sp³-hybridized carbons (Fsp3) is 0.182. The maximum absolute atomic E-state index is 10.7. The van der Waals surface area contributed by atoms with Crippen molar-refractivity contribution in [1.82, 2.24) is 0 Å². The third kappa shape index (κ3) is 2.32. The molecule has 14 heavy (non-hydrogen) atoms. The summed E-state index contributed by atoms with van der Waals surface area (Å²) in [7, 11) is -2.00. The molecule has 0 bridgehead atoms.